The zero-order valence-electron chi connectivity index (χ0n) is 18.3. The maximum absolute atomic E-state index is 13.8. The van der Waals surface area contributed by atoms with E-state index in [1.54, 1.807) is 29.2 Å². The Bertz CT molecular complexity index is 1420. The van der Waals surface area contributed by atoms with Crippen molar-refractivity contribution in [3.63, 3.8) is 0 Å². The summed E-state index contributed by atoms with van der Waals surface area (Å²) in [5.74, 6) is -0.781. The number of fused-ring (bicyclic) bond motifs is 1. The number of anilines is 2. The van der Waals surface area contributed by atoms with E-state index in [1.165, 1.54) is 11.3 Å². The van der Waals surface area contributed by atoms with E-state index in [0.717, 1.165) is 26.2 Å². The van der Waals surface area contributed by atoms with Crippen LogP contribution < -0.4 is 9.80 Å². The van der Waals surface area contributed by atoms with Gasteiger partial charge in [-0.25, -0.2) is 4.98 Å². The molecule has 0 radical (unpaired) electrons. The van der Waals surface area contributed by atoms with Crippen LogP contribution in [0.4, 0.5) is 10.8 Å². The highest BCUT2D eigenvalue weighted by molar-refractivity contribution is 7.22. The van der Waals surface area contributed by atoms with Crippen LogP contribution in [-0.2, 0) is 16.1 Å². The molecule has 3 aromatic carbocycles. The fraction of sp³-hybridized carbons (Fsp3) is 0.154. The number of carbonyl (C=O) groups excluding carboxylic acids is 3. The van der Waals surface area contributed by atoms with Gasteiger partial charge in [0, 0.05) is 23.4 Å². The van der Waals surface area contributed by atoms with E-state index in [2.05, 4.69) is 0 Å². The summed E-state index contributed by atoms with van der Waals surface area (Å²) in [5.41, 5.74) is 3.47. The first-order valence-corrected chi connectivity index (χ1v) is 12.0. The maximum Gasteiger partial charge on any atom is 0.260 e. The molecule has 1 saturated heterocycles. The van der Waals surface area contributed by atoms with Crippen LogP contribution in [0.1, 0.15) is 34.3 Å². The summed E-state index contributed by atoms with van der Waals surface area (Å²) in [6, 6.07) is 20.0. The van der Waals surface area contributed by atoms with Crippen LogP contribution in [-0.4, -0.2) is 22.7 Å². The molecule has 1 aromatic heterocycles. The highest BCUT2D eigenvalue weighted by atomic mass is 35.5. The molecular weight excluding hydrogens is 470 g/mol. The molecular formula is C26H20ClN3O3S. The predicted molar refractivity (Wildman–Crippen MR) is 134 cm³/mol. The van der Waals surface area contributed by atoms with Crippen molar-refractivity contribution < 1.29 is 14.4 Å². The number of hydrogen-bond acceptors (Lipinski definition) is 5. The smallest absolute Gasteiger partial charge is 0.260 e. The number of amides is 3. The van der Waals surface area contributed by atoms with Gasteiger partial charge in [0.25, 0.3) is 5.91 Å². The molecule has 170 valence electrons. The third-order valence-electron chi connectivity index (χ3n) is 5.70. The Morgan fingerprint density at radius 2 is 1.76 bits per heavy atom. The minimum absolute atomic E-state index is 0.185. The molecule has 1 aliphatic rings. The second-order valence-electron chi connectivity index (χ2n) is 8.12. The van der Waals surface area contributed by atoms with Crippen molar-refractivity contribution in [2.45, 2.75) is 26.3 Å². The standard InChI is InChI=1S/C26H20ClN3O3S/c1-16-12-19(27)14-21-24(16)28-26(34-21)29(15-17-6-3-2-4-7-17)25(33)18-8-5-9-20(13-18)30-22(31)10-11-23(30)32/h2-9,12-14H,10-11,15H2,1H3. The van der Waals surface area contributed by atoms with Gasteiger partial charge < -0.3 is 0 Å². The van der Waals surface area contributed by atoms with Gasteiger partial charge in [-0.15, -0.1) is 0 Å². The SMILES string of the molecule is Cc1cc(Cl)cc2sc(N(Cc3ccccc3)C(=O)c3cccc(N4C(=O)CCC4=O)c3)nc12. The molecule has 1 aliphatic heterocycles. The topological polar surface area (TPSA) is 70.6 Å². The Labute approximate surface area is 205 Å². The van der Waals surface area contributed by atoms with Crippen LogP contribution in [0.5, 0.6) is 0 Å². The third-order valence-corrected chi connectivity index (χ3v) is 6.94. The number of rotatable bonds is 5. The average molecular weight is 490 g/mol. The van der Waals surface area contributed by atoms with Gasteiger partial charge in [-0.1, -0.05) is 59.3 Å². The van der Waals surface area contributed by atoms with Crippen molar-refractivity contribution in [1.29, 1.82) is 0 Å². The normalized spacial score (nSPS) is 13.6. The molecule has 0 N–H and O–H groups in total. The summed E-state index contributed by atoms with van der Waals surface area (Å²) < 4.78 is 0.896. The number of hydrogen-bond donors (Lipinski definition) is 0. The van der Waals surface area contributed by atoms with Gasteiger partial charge in [0.1, 0.15) is 0 Å². The minimum atomic E-state index is -0.271. The lowest BCUT2D eigenvalue weighted by atomic mass is 10.1. The van der Waals surface area contributed by atoms with E-state index in [0.29, 0.717) is 27.9 Å². The summed E-state index contributed by atoms with van der Waals surface area (Å²) in [7, 11) is 0. The van der Waals surface area contributed by atoms with Gasteiger partial charge in [0.2, 0.25) is 11.8 Å². The number of thiazole rings is 1. The van der Waals surface area contributed by atoms with E-state index in [9.17, 15) is 14.4 Å². The summed E-state index contributed by atoms with van der Waals surface area (Å²) in [6.07, 6.45) is 0.371. The maximum atomic E-state index is 13.8. The van der Waals surface area contributed by atoms with E-state index in [4.69, 9.17) is 16.6 Å². The number of aromatic nitrogens is 1. The van der Waals surface area contributed by atoms with Gasteiger partial charge >= 0.3 is 0 Å². The van der Waals surface area contributed by atoms with E-state index < -0.39 is 0 Å². The van der Waals surface area contributed by atoms with E-state index >= 15 is 0 Å². The van der Waals surface area contributed by atoms with Gasteiger partial charge in [0.05, 0.1) is 22.4 Å². The first-order chi connectivity index (χ1) is 16.4. The van der Waals surface area contributed by atoms with Gasteiger partial charge in [0.15, 0.2) is 5.13 Å². The molecule has 8 heteroatoms. The van der Waals surface area contributed by atoms with Crippen molar-refractivity contribution in [3.8, 4) is 0 Å². The lowest BCUT2D eigenvalue weighted by molar-refractivity contribution is -0.121. The number of carbonyl (C=O) groups is 3. The fourth-order valence-electron chi connectivity index (χ4n) is 4.05. The van der Waals surface area contributed by atoms with E-state index in [-0.39, 0.29) is 30.6 Å². The fourth-order valence-corrected chi connectivity index (χ4v) is 5.47. The van der Waals surface area contributed by atoms with Crippen LogP contribution in [0, 0.1) is 6.92 Å². The third kappa shape index (κ3) is 4.20. The number of benzene rings is 3. The molecule has 0 atom stereocenters. The Kier molecular flexibility index (Phi) is 5.89. The van der Waals surface area contributed by atoms with Crippen LogP contribution in [0.15, 0.2) is 66.7 Å². The second-order valence-corrected chi connectivity index (χ2v) is 9.56. The quantitative estimate of drug-likeness (QED) is 0.334. The Hall–Kier alpha value is -3.55. The minimum Gasteiger partial charge on any atom is -0.279 e. The van der Waals surface area contributed by atoms with Crippen molar-refractivity contribution in [1.82, 2.24) is 4.98 Å². The van der Waals surface area contributed by atoms with Crippen molar-refractivity contribution in [2.75, 3.05) is 9.80 Å². The Morgan fingerprint density at radius 1 is 1.03 bits per heavy atom. The van der Waals surface area contributed by atoms with Crippen molar-refractivity contribution in [3.05, 3.63) is 88.4 Å². The Morgan fingerprint density at radius 3 is 2.50 bits per heavy atom. The van der Waals surface area contributed by atoms with Gasteiger partial charge in [-0.05, 0) is 48.4 Å². The predicted octanol–water partition coefficient (Wildman–Crippen LogP) is 5.76. The summed E-state index contributed by atoms with van der Waals surface area (Å²) in [5, 5.41) is 1.17. The molecule has 34 heavy (non-hydrogen) atoms. The zero-order valence-corrected chi connectivity index (χ0v) is 19.9. The van der Waals surface area contributed by atoms with Crippen LogP contribution >= 0.6 is 22.9 Å². The number of halogens is 1. The molecule has 0 unspecified atom stereocenters. The first-order valence-electron chi connectivity index (χ1n) is 10.8. The van der Waals surface area contributed by atoms with Crippen molar-refractivity contribution in [2.24, 2.45) is 0 Å². The first kappa shape index (κ1) is 22.3. The summed E-state index contributed by atoms with van der Waals surface area (Å²) in [4.78, 5) is 45.8. The molecule has 0 aliphatic carbocycles. The molecule has 0 saturated carbocycles. The average Bonchev–Trinajstić information content (AvgIpc) is 3.40. The lowest BCUT2D eigenvalue weighted by Gasteiger charge is -2.21. The molecule has 6 nitrogen and oxygen atoms in total. The summed E-state index contributed by atoms with van der Waals surface area (Å²) >= 11 is 7.64. The van der Waals surface area contributed by atoms with Crippen LogP contribution in [0.25, 0.3) is 10.2 Å². The summed E-state index contributed by atoms with van der Waals surface area (Å²) in [6.45, 7) is 2.26. The zero-order chi connectivity index (χ0) is 23.8. The Balaban J connectivity index is 1.56. The van der Waals surface area contributed by atoms with Gasteiger partial charge in [-0.2, -0.15) is 0 Å². The number of imide groups is 1. The van der Waals surface area contributed by atoms with Crippen LogP contribution in [0.3, 0.4) is 0 Å². The highest BCUT2D eigenvalue weighted by Crippen LogP contribution is 2.35. The molecule has 5 rings (SSSR count). The van der Waals surface area contributed by atoms with Crippen LogP contribution in [0.2, 0.25) is 5.02 Å². The molecule has 0 bridgehead atoms. The second kappa shape index (κ2) is 9.00. The lowest BCUT2D eigenvalue weighted by Crippen LogP contribution is -2.31. The molecule has 4 aromatic rings. The number of aryl methyl sites for hydroxylation is 1. The largest absolute Gasteiger partial charge is 0.279 e. The van der Waals surface area contributed by atoms with Gasteiger partial charge in [-0.3, -0.25) is 24.2 Å². The molecule has 3 amide bonds. The molecule has 1 fully saturated rings. The number of nitrogens with zero attached hydrogens (tertiary/aromatic N) is 3. The molecule has 2 heterocycles. The monoisotopic (exact) mass is 489 g/mol. The molecule has 0 spiro atoms. The van der Waals surface area contributed by atoms with Crippen molar-refractivity contribution >= 4 is 61.7 Å². The van der Waals surface area contributed by atoms with E-state index in [1.807, 2.05) is 49.4 Å². The highest BCUT2D eigenvalue weighted by Gasteiger charge is 2.31.